The molecule has 0 bridgehead atoms. The van der Waals surface area contributed by atoms with Crippen LogP contribution in [0.15, 0.2) is 65.6 Å². The van der Waals surface area contributed by atoms with Crippen molar-refractivity contribution in [3.05, 3.63) is 82.5 Å². The number of rotatable bonds is 8. The fourth-order valence-electron chi connectivity index (χ4n) is 6.10. The number of nitrogens with two attached hydrogens (primary N) is 1. The lowest BCUT2D eigenvalue weighted by molar-refractivity contribution is -0.137. The molecule has 3 heterocycles. The maximum Gasteiger partial charge on any atom is 0.416 e. The third-order valence-corrected chi connectivity index (χ3v) is 11.0. The number of aromatic nitrogens is 1. The zero-order chi connectivity index (χ0) is 32.0. The smallest absolute Gasteiger partial charge is 0.354 e. The topological polar surface area (TPSA) is 112 Å². The predicted octanol–water partition coefficient (Wildman–Crippen LogP) is 4.83. The van der Waals surface area contributed by atoms with Gasteiger partial charge in [0.1, 0.15) is 11.0 Å². The van der Waals surface area contributed by atoms with Crippen LogP contribution in [0.2, 0.25) is 5.15 Å². The van der Waals surface area contributed by atoms with Crippen molar-refractivity contribution in [1.29, 1.82) is 0 Å². The molecule has 240 valence electrons. The van der Waals surface area contributed by atoms with Crippen LogP contribution >= 0.6 is 11.6 Å². The lowest BCUT2D eigenvalue weighted by Crippen LogP contribution is -2.49. The number of sulfonamides is 1. The number of halogens is 4. The summed E-state index contributed by atoms with van der Waals surface area (Å²) in [6.07, 6.45) is -1.27. The van der Waals surface area contributed by atoms with Gasteiger partial charge in [-0.05, 0) is 85.8 Å². The molecule has 3 N–H and O–H groups in total. The quantitative estimate of drug-likeness (QED) is 0.333. The van der Waals surface area contributed by atoms with Gasteiger partial charge < -0.3 is 16.0 Å². The van der Waals surface area contributed by atoms with Gasteiger partial charge in [0.25, 0.3) is 5.91 Å². The molecule has 0 spiro atoms. The minimum Gasteiger partial charge on any atom is -0.354 e. The van der Waals surface area contributed by atoms with Crippen LogP contribution in [0.5, 0.6) is 0 Å². The van der Waals surface area contributed by atoms with Crippen molar-refractivity contribution in [2.75, 3.05) is 49.5 Å². The largest absolute Gasteiger partial charge is 0.416 e. The Balaban J connectivity index is 1.04. The van der Waals surface area contributed by atoms with Crippen LogP contribution < -0.4 is 16.0 Å². The first-order valence-corrected chi connectivity index (χ1v) is 16.6. The minimum atomic E-state index is -4.58. The Morgan fingerprint density at radius 3 is 2.40 bits per heavy atom. The summed E-state index contributed by atoms with van der Waals surface area (Å²) in [5, 5.41) is 2.55. The van der Waals surface area contributed by atoms with Gasteiger partial charge in [-0.25, -0.2) is 13.4 Å². The highest BCUT2D eigenvalue weighted by atomic mass is 35.5. The van der Waals surface area contributed by atoms with Crippen molar-refractivity contribution in [3.8, 4) is 0 Å². The molecule has 1 saturated carbocycles. The maximum atomic E-state index is 13.3. The third-order valence-electron chi connectivity index (χ3n) is 8.93. The molecule has 3 aliphatic rings. The number of pyridine rings is 1. The lowest BCUT2D eigenvalue weighted by Gasteiger charge is -2.35. The molecule has 14 heteroatoms. The Labute approximate surface area is 265 Å². The average Bonchev–Trinajstić information content (AvgIpc) is 3.58. The highest BCUT2D eigenvalue weighted by Crippen LogP contribution is 2.44. The molecule has 9 nitrogen and oxygen atoms in total. The Morgan fingerprint density at radius 1 is 1.02 bits per heavy atom. The molecule has 2 aliphatic heterocycles. The second-order valence-corrected chi connectivity index (χ2v) is 14.4. The number of piperazine rings is 1. The lowest BCUT2D eigenvalue weighted by atomic mass is 9.97. The van der Waals surface area contributed by atoms with E-state index in [1.807, 2.05) is 18.2 Å². The molecule has 3 fully saturated rings. The summed E-state index contributed by atoms with van der Waals surface area (Å²) >= 11 is 5.82. The number of anilines is 2. The molecule has 1 aliphatic carbocycles. The van der Waals surface area contributed by atoms with Gasteiger partial charge in [-0.1, -0.05) is 23.7 Å². The van der Waals surface area contributed by atoms with Crippen LogP contribution in [0.4, 0.5) is 24.7 Å². The van der Waals surface area contributed by atoms with Gasteiger partial charge in [-0.2, -0.15) is 17.5 Å². The number of hydrogen-bond donors (Lipinski definition) is 2. The van der Waals surface area contributed by atoms with Crippen LogP contribution in [0, 0.1) is 5.92 Å². The summed E-state index contributed by atoms with van der Waals surface area (Å²) in [5.41, 5.74) is 7.50. The number of benzene rings is 2. The van der Waals surface area contributed by atoms with Crippen molar-refractivity contribution < 1.29 is 26.4 Å². The summed E-state index contributed by atoms with van der Waals surface area (Å²) in [4.78, 5) is 21.0. The Morgan fingerprint density at radius 2 is 1.73 bits per heavy atom. The fourth-order valence-corrected chi connectivity index (χ4v) is 7.72. The molecule has 6 rings (SSSR count). The summed E-state index contributed by atoms with van der Waals surface area (Å²) in [7, 11) is -3.88. The first kappa shape index (κ1) is 31.7. The molecule has 1 unspecified atom stereocenters. The van der Waals surface area contributed by atoms with Gasteiger partial charge in [-0.3, -0.25) is 9.69 Å². The number of hydrogen-bond acceptors (Lipinski definition) is 7. The van der Waals surface area contributed by atoms with Crippen molar-refractivity contribution in [1.82, 2.24) is 14.2 Å². The summed E-state index contributed by atoms with van der Waals surface area (Å²) in [6, 6.07) is 15.1. The second kappa shape index (κ2) is 12.2. The molecule has 1 atom stereocenters. The van der Waals surface area contributed by atoms with Crippen LogP contribution in [-0.2, 0) is 22.7 Å². The van der Waals surface area contributed by atoms with E-state index in [4.69, 9.17) is 17.3 Å². The van der Waals surface area contributed by atoms with E-state index in [-0.39, 0.29) is 53.5 Å². The van der Waals surface area contributed by atoms with Gasteiger partial charge in [0, 0.05) is 56.1 Å². The van der Waals surface area contributed by atoms with Crippen molar-refractivity contribution in [2.45, 2.75) is 42.4 Å². The van der Waals surface area contributed by atoms with E-state index in [2.05, 4.69) is 15.2 Å². The van der Waals surface area contributed by atoms with E-state index in [0.29, 0.717) is 17.2 Å². The highest BCUT2D eigenvalue weighted by Gasteiger charge is 2.47. The summed E-state index contributed by atoms with van der Waals surface area (Å²) in [6.45, 7) is 3.10. The fraction of sp³-hybridized carbons (Fsp3) is 0.419. The number of carbonyl (C=O) groups excluding carboxylic acids is 1. The Hall–Kier alpha value is -3.23. The number of likely N-dealkylation sites (tertiary alicyclic amines) is 1. The molecule has 0 radical (unpaired) electrons. The first-order chi connectivity index (χ1) is 21.3. The van der Waals surface area contributed by atoms with Crippen LogP contribution in [0.1, 0.15) is 40.7 Å². The summed E-state index contributed by atoms with van der Waals surface area (Å²) in [5.74, 6) is 0.270. The van der Waals surface area contributed by atoms with E-state index in [1.54, 1.807) is 11.0 Å². The second-order valence-electron chi connectivity index (χ2n) is 12.1. The van der Waals surface area contributed by atoms with Crippen molar-refractivity contribution in [2.24, 2.45) is 11.7 Å². The number of carbonyl (C=O) groups is 1. The molecular formula is C31H34ClF3N6O3S. The van der Waals surface area contributed by atoms with Gasteiger partial charge in [0.05, 0.1) is 10.5 Å². The van der Waals surface area contributed by atoms with E-state index in [0.717, 1.165) is 56.6 Å². The third kappa shape index (κ3) is 7.12. The molecule has 1 aromatic heterocycles. The first-order valence-electron chi connectivity index (χ1n) is 14.8. The normalized spacial score (nSPS) is 20.7. The van der Waals surface area contributed by atoms with Crippen molar-refractivity contribution >= 4 is 39.0 Å². The van der Waals surface area contributed by atoms with Gasteiger partial charge in [0.15, 0.2) is 0 Å². The molecule has 1 amide bonds. The van der Waals surface area contributed by atoms with E-state index in [9.17, 15) is 26.4 Å². The Bertz CT molecular complexity index is 1680. The van der Waals surface area contributed by atoms with E-state index < -0.39 is 21.8 Å². The molecule has 2 saturated heterocycles. The highest BCUT2D eigenvalue weighted by molar-refractivity contribution is 7.89. The maximum absolute atomic E-state index is 13.3. The minimum absolute atomic E-state index is 0.0168. The van der Waals surface area contributed by atoms with Crippen LogP contribution in [0.25, 0.3) is 0 Å². The average molecular weight is 663 g/mol. The number of alkyl halides is 3. The molecule has 2 aromatic carbocycles. The molecule has 3 aromatic rings. The predicted molar refractivity (Wildman–Crippen MR) is 166 cm³/mol. The number of nitrogens with zero attached hydrogens (tertiary/aromatic N) is 4. The molecule has 45 heavy (non-hydrogen) atoms. The van der Waals surface area contributed by atoms with E-state index in [1.165, 1.54) is 28.6 Å². The van der Waals surface area contributed by atoms with Gasteiger partial charge >= 0.3 is 6.18 Å². The molecular weight excluding hydrogens is 629 g/mol. The number of amides is 1. The van der Waals surface area contributed by atoms with Crippen LogP contribution in [-0.4, -0.2) is 73.3 Å². The zero-order valence-electron chi connectivity index (χ0n) is 24.4. The SMILES string of the molecule is NC1(C2CCN(Cc3cccc(C(=O)Nc4ccc(S(=O)(=O)N5CCN(c6cc(C(F)(F)F)cc(Cl)n6)CC5)cc4)c3)C2)CC1. The van der Waals surface area contributed by atoms with Crippen LogP contribution in [0.3, 0.4) is 0 Å². The van der Waals surface area contributed by atoms with Gasteiger partial charge in [-0.15, -0.1) is 0 Å². The van der Waals surface area contributed by atoms with Gasteiger partial charge in [0.2, 0.25) is 10.0 Å². The standard InChI is InChI=1S/C31H34ClF3N6O3S/c32-27-17-24(31(33,34)35)18-28(38-27)40-12-14-41(15-13-40)45(43,44)26-6-4-25(5-7-26)37-29(42)22-3-1-2-21(16-22)19-39-11-8-23(20-39)30(36)9-10-30/h1-7,16-18,23H,8-15,19-20,36H2,(H,37,42). The number of nitrogens with one attached hydrogen (secondary N) is 1. The van der Waals surface area contributed by atoms with Crippen molar-refractivity contribution in [3.63, 3.8) is 0 Å². The van der Waals surface area contributed by atoms with E-state index >= 15 is 0 Å². The Kier molecular flexibility index (Phi) is 8.59. The monoisotopic (exact) mass is 662 g/mol. The zero-order valence-corrected chi connectivity index (χ0v) is 26.0. The summed E-state index contributed by atoms with van der Waals surface area (Å²) < 4.78 is 67.5.